The number of hydrogen-bond donors (Lipinski definition) is 0. The van der Waals surface area contributed by atoms with Gasteiger partial charge in [0.2, 0.25) is 0 Å². The molecule has 8 nitrogen and oxygen atoms in total. The fourth-order valence-corrected chi connectivity index (χ4v) is 3.82. The predicted octanol–water partition coefficient (Wildman–Crippen LogP) is 1.59. The van der Waals surface area contributed by atoms with Crippen molar-refractivity contribution in [2.24, 2.45) is 0 Å². The number of rotatable bonds is 4. The highest BCUT2D eigenvalue weighted by Gasteiger charge is 2.24. The average molecular weight is 397 g/mol. The quantitative estimate of drug-likeness (QED) is 0.776. The number of benzene rings is 1. The van der Waals surface area contributed by atoms with E-state index in [1.807, 2.05) is 31.2 Å². The van der Waals surface area contributed by atoms with E-state index in [-0.39, 0.29) is 5.91 Å². The lowest BCUT2D eigenvalue weighted by molar-refractivity contribution is 0.0299. The zero-order chi connectivity index (χ0) is 20.2. The molecule has 2 aromatic rings. The molecule has 1 aromatic heterocycles. The van der Waals surface area contributed by atoms with E-state index in [9.17, 15) is 4.79 Å². The van der Waals surface area contributed by atoms with Gasteiger partial charge in [0.25, 0.3) is 5.91 Å². The first-order chi connectivity index (χ1) is 14.2. The number of carbonyl (C=O) groups excluding carboxylic acids is 1. The Bertz CT molecular complexity index is 861. The third-order valence-electron chi connectivity index (χ3n) is 5.37. The number of nitrogens with zero attached hydrogens (tertiary/aromatic N) is 5. The van der Waals surface area contributed by atoms with E-state index in [1.54, 1.807) is 12.0 Å². The van der Waals surface area contributed by atoms with Crippen molar-refractivity contribution in [3.05, 3.63) is 41.9 Å². The maximum absolute atomic E-state index is 12.8. The molecular formula is C21H27N5O3. The maximum Gasteiger partial charge on any atom is 0.272 e. The molecule has 0 spiro atoms. The van der Waals surface area contributed by atoms with Gasteiger partial charge in [-0.15, -0.1) is 0 Å². The molecule has 0 radical (unpaired) electrons. The standard InChI is InChI=1S/C21H27N5O3/c1-16-22-17(21(27)26-11-13-29-14-12-26)15-20(23-16)25-9-7-24(8-10-25)18-5-3-4-6-19(18)28-2/h3-6,15H,7-14H2,1-2H3. The van der Waals surface area contributed by atoms with Crippen LogP contribution in [0.25, 0.3) is 0 Å². The first-order valence-electron chi connectivity index (χ1n) is 10.0. The molecule has 154 valence electrons. The number of methoxy groups -OCH3 is 1. The van der Waals surface area contributed by atoms with Crippen molar-refractivity contribution in [3.8, 4) is 5.75 Å². The van der Waals surface area contributed by atoms with Crippen LogP contribution in [0.5, 0.6) is 5.75 Å². The van der Waals surface area contributed by atoms with Gasteiger partial charge in [-0.1, -0.05) is 12.1 Å². The summed E-state index contributed by atoms with van der Waals surface area (Å²) in [5.41, 5.74) is 1.57. The average Bonchev–Trinajstić information content (AvgIpc) is 2.79. The van der Waals surface area contributed by atoms with Gasteiger partial charge in [-0.2, -0.15) is 0 Å². The minimum Gasteiger partial charge on any atom is -0.495 e. The molecule has 29 heavy (non-hydrogen) atoms. The zero-order valence-electron chi connectivity index (χ0n) is 17.0. The van der Waals surface area contributed by atoms with Gasteiger partial charge in [0.1, 0.15) is 23.1 Å². The number of para-hydroxylation sites is 2. The Morgan fingerprint density at radius 1 is 1.00 bits per heavy atom. The summed E-state index contributed by atoms with van der Waals surface area (Å²) in [5, 5.41) is 0. The molecule has 2 fully saturated rings. The molecule has 2 saturated heterocycles. The normalized spacial score (nSPS) is 17.4. The van der Waals surface area contributed by atoms with Gasteiger partial charge in [-0.25, -0.2) is 9.97 Å². The van der Waals surface area contributed by atoms with Gasteiger partial charge >= 0.3 is 0 Å². The Balaban J connectivity index is 1.47. The van der Waals surface area contributed by atoms with E-state index < -0.39 is 0 Å². The summed E-state index contributed by atoms with van der Waals surface area (Å²) < 4.78 is 10.8. The fraction of sp³-hybridized carbons (Fsp3) is 0.476. The monoisotopic (exact) mass is 397 g/mol. The Morgan fingerprint density at radius 3 is 2.41 bits per heavy atom. The SMILES string of the molecule is COc1ccccc1N1CCN(c2cc(C(=O)N3CCOCC3)nc(C)n2)CC1. The molecule has 8 heteroatoms. The van der Waals surface area contributed by atoms with E-state index in [2.05, 4.69) is 25.8 Å². The van der Waals surface area contributed by atoms with Crippen molar-refractivity contribution >= 4 is 17.4 Å². The number of hydrogen-bond acceptors (Lipinski definition) is 7. The molecule has 4 rings (SSSR count). The summed E-state index contributed by atoms with van der Waals surface area (Å²) in [5.74, 6) is 2.27. The van der Waals surface area contributed by atoms with E-state index in [1.165, 1.54) is 0 Å². The predicted molar refractivity (Wildman–Crippen MR) is 111 cm³/mol. The second kappa shape index (κ2) is 8.65. The van der Waals surface area contributed by atoms with Crippen LogP contribution in [0.3, 0.4) is 0 Å². The van der Waals surface area contributed by atoms with E-state index in [0.717, 1.165) is 43.4 Å². The van der Waals surface area contributed by atoms with Crippen LogP contribution in [0.4, 0.5) is 11.5 Å². The topological polar surface area (TPSA) is 71.0 Å². The Labute approximate surface area is 171 Å². The second-order valence-corrected chi connectivity index (χ2v) is 7.21. The van der Waals surface area contributed by atoms with Gasteiger partial charge in [0.05, 0.1) is 26.0 Å². The maximum atomic E-state index is 12.8. The fourth-order valence-electron chi connectivity index (χ4n) is 3.82. The lowest BCUT2D eigenvalue weighted by Crippen LogP contribution is -2.47. The van der Waals surface area contributed by atoms with E-state index in [4.69, 9.17) is 9.47 Å². The third-order valence-corrected chi connectivity index (χ3v) is 5.37. The molecule has 0 atom stereocenters. The van der Waals surface area contributed by atoms with Crippen molar-refractivity contribution in [1.29, 1.82) is 0 Å². The van der Waals surface area contributed by atoms with Crippen LogP contribution in [-0.2, 0) is 4.74 Å². The van der Waals surface area contributed by atoms with Crippen LogP contribution >= 0.6 is 0 Å². The van der Waals surface area contributed by atoms with Crippen LogP contribution in [0, 0.1) is 6.92 Å². The van der Waals surface area contributed by atoms with Crippen molar-refractivity contribution in [1.82, 2.24) is 14.9 Å². The van der Waals surface area contributed by atoms with E-state index in [0.29, 0.717) is 37.8 Å². The van der Waals surface area contributed by atoms with Gasteiger partial charge in [0.15, 0.2) is 0 Å². The van der Waals surface area contributed by atoms with Crippen LogP contribution in [0.1, 0.15) is 16.3 Å². The van der Waals surface area contributed by atoms with Crippen molar-refractivity contribution in [3.63, 3.8) is 0 Å². The van der Waals surface area contributed by atoms with Gasteiger partial charge < -0.3 is 24.2 Å². The van der Waals surface area contributed by atoms with Crippen LogP contribution in [0.2, 0.25) is 0 Å². The molecule has 2 aliphatic rings. The lowest BCUT2D eigenvalue weighted by Gasteiger charge is -2.37. The molecule has 0 unspecified atom stereocenters. The molecule has 1 aromatic carbocycles. The molecule has 0 bridgehead atoms. The summed E-state index contributed by atoms with van der Waals surface area (Å²) in [6.07, 6.45) is 0. The summed E-state index contributed by atoms with van der Waals surface area (Å²) in [7, 11) is 1.70. The Hall–Kier alpha value is -2.87. The van der Waals surface area contributed by atoms with Crippen molar-refractivity contribution in [2.45, 2.75) is 6.92 Å². The molecule has 0 saturated carbocycles. The highest BCUT2D eigenvalue weighted by atomic mass is 16.5. The minimum absolute atomic E-state index is 0.0484. The number of ether oxygens (including phenoxy) is 2. The molecule has 1 amide bonds. The second-order valence-electron chi connectivity index (χ2n) is 7.21. The van der Waals surface area contributed by atoms with Crippen LogP contribution in [-0.4, -0.2) is 80.4 Å². The first-order valence-corrected chi connectivity index (χ1v) is 10.0. The molecule has 0 N–H and O–H groups in total. The van der Waals surface area contributed by atoms with Gasteiger partial charge in [-0.05, 0) is 19.1 Å². The number of carbonyl (C=O) groups is 1. The molecule has 3 heterocycles. The van der Waals surface area contributed by atoms with Crippen LogP contribution in [0.15, 0.2) is 30.3 Å². The number of aryl methyl sites for hydroxylation is 1. The number of piperazine rings is 1. The number of morpholine rings is 1. The zero-order valence-corrected chi connectivity index (χ0v) is 17.0. The van der Waals surface area contributed by atoms with Crippen molar-refractivity contribution in [2.75, 3.05) is 69.4 Å². The molecule has 2 aliphatic heterocycles. The van der Waals surface area contributed by atoms with Crippen molar-refractivity contribution < 1.29 is 14.3 Å². The lowest BCUT2D eigenvalue weighted by atomic mass is 10.2. The smallest absolute Gasteiger partial charge is 0.272 e. The minimum atomic E-state index is -0.0484. The Kier molecular flexibility index (Phi) is 5.80. The number of amides is 1. The van der Waals surface area contributed by atoms with Gasteiger partial charge in [-0.3, -0.25) is 4.79 Å². The third kappa shape index (κ3) is 4.27. The van der Waals surface area contributed by atoms with E-state index >= 15 is 0 Å². The largest absolute Gasteiger partial charge is 0.495 e. The highest BCUT2D eigenvalue weighted by Crippen LogP contribution is 2.29. The van der Waals surface area contributed by atoms with Crippen LogP contribution < -0.4 is 14.5 Å². The number of aromatic nitrogens is 2. The highest BCUT2D eigenvalue weighted by molar-refractivity contribution is 5.93. The molecular weight excluding hydrogens is 370 g/mol. The van der Waals surface area contributed by atoms with Gasteiger partial charge in [0, 0.05) is 45.3 Å². The summed E-state index contributed by atoms with van der Waals surface area (Å²) in [6.45, 7) is 7.56. The number of anilines is 2. The Morgan fingerprint density at radius 2 is 1.69 bits per heavy atom. The molecule has 0 aliphatic carbocycles. The summed E-state index contributed by atoms with van der Waals surface area (Å²) >= 11 is 0. The summed E-state index contributed by atoms with van der Waals surface area (Å²) in [6, 6.07) is 9.90. The summed E-state index contributed by atoms with van der Waals surface area (Å²) in [4.78, 5) is 28.2. The first kappa shape index (κ1) is 19.4.